The van der Waals surface area contributed by atoms with E-state index in [-0.39, 0.29) is 37.7 Å². The number of guanidine groups is 1. The number of carboxylic acid groups (broad SMARTS) is 1. The first-order valence-electron chi connectivity index (χ1n) is 8.88. The Hall–Kier alpha value is -2.89. The number of amides is 3. The number of nitrogens with one attached hydrogen (secondary N) is 2. The lowest BCUT2D eigenvalue weighted by atomic mass is 10.0. The molecule has 0 saturated heterocycles. The molecule has 0 aromatic rings. The van der Waals surface area contributed by atoms with Crippen LogP contribution in [0.25, 0.3) is 0 Å². The Labute approximate surface area is 163 Å². The topological polar surface area (TPSA) is 229 Å². The molecule has 0 rings (SSSR count). The van der Waals surface area contributed by atoms with Gasteiger partial charge in [0.05, 0.1) is 6.04 Å². The number of hydrogen-bond acceptors (Lipinski definition) is 6. The van der Waals surface area contributed by atoms with Gasteiger partial charge in [-0.1, -0.05) is 13.8 Å². The lowest BCUT2D eigenvalue weighted by molar-refractivity contribution is -0.142. The molecule has 0 aliphatic heterocycles. The molecule has 0 radical (unpaired) electrons. The molecule has 0 aromatic heterocycles. The second-order valence-electron chi connectivity index (χ2n) is 6.68. The van der Waals surface area contributed by atoms with Crippen molar-refractivity contribution in [3.05, 3.63) is 0 Å². The quantitative estimate of drug-likeness (QED) is 0.0975. The van der Waals surface area contributed by atoms with E-state index in [9.17, 15) is 24.3 Å². The number of aliphatic carboxylic acids is 1. The molecule has 0 fully saturated rings. The third-order valence-electron chi connectivity index (χ3n) is 3.89. The molecule has 12 heteroatoms. The van der Waals surface area contributed by atoms with E-state index in [2.05, 4.69) is 15.6 Å². The minimum Gasteiger partial charge on any atom is -0.480 e. The van der Waals surface area contributed by atoms with Gasteiger partial charge < -0.3 is 38.7 Å². The zero-order chi connectivity index (χ0) is 21.9. The van der Waals surface area contributed by atoms with Crippen LogP contribution < -0.4 is 33.6 Å². The van der Waals surface area contributed by atoms with Gasteiger partial charge in [-0.05, 0) is 25.2 Å². The van der Waals surface area contributed by atoms with E-state index in [4.69, 9.17) is 22.9 Å². The molecule has 0 heterocycles. The van der Waals surface area contributed by atoms with Crippen LogP contribution in [-0.4, -0.2) is 59.4 Å². The Kier molecular flexibility index (Phi) is 11.2. The van der Waals surface area contributed by atoms with Crippen LogP contribution in [0.3, 0.4) is 0 Å². The van der Waals surface area contributed by atoms with E-state index in [1.54, 1.807) is 13.8 Å². The van der Waals surface area contributed by atoms with E-state index < -0.39 is 41.8 Å². The zero-order valence-corrected chi connectivity index (χ0v) is 16.2. The fourth-order valence-electron chi connectivity index (χ4n) is 2.16. The van der Waals surface area contributed by atoms with Crippen molar-refractivity contribution in [2.24, 2.45) is 33.8 Å². The number of carboxylic acids is 1. The summed E-state index contributed by atoms with van der Waals surface area (Å²) in [5, 5.41) is 14.0. The molecule has 11 N–H and O–H groups in total. The summed E-state index contributed by atoms with van der Waals surface area (Å²) in [5.41, 5.74) is 21.3. The average Bonchev–Trinajstić information content (AvgIpc) is 2.59. The van der Waals surface area contributed by atoms with Crippen molar-refractivity contribution in [1.29, 1.82) is 0 Å². The smallest absolute Gasteiger partial charge is 0.326 e. The van der Waals surface area contributed by atoms with Crippen LogP contribution in [0.5, 0.6) is 0 Å². The van der Waals surface area contributed by atoms with Crippen LogP contribution >= 0.6 is 0 Å². The summed E-state index contributed by atoms with van der Waals surface area (Å²) >= 11 is 0. The predicted octanol–water partition coefficient (Wildman–Crippen LogP) is -2.66. The van der Waals surface area contributed by atoms with Gasteiger partial charge in [0, 0.05) is 13.0 Å². The molecule has 160 valence electrons. The van der Waals surface area contributed by atoms with Gasteiger partial charge in [0.25, 0.3) is 0 Å². The van der Waals surface area contributed by atoms with Gasteiger partial charge in [-0.3, -0.25) is 19.4 Å². The molecule has 12 nitrogen and oxygen atoms in total. The van der Waals surface area contributed by atoms with Gasteiger partial charge in [0.1, 0.15) is 12.1 Å². The maximum absolute atomic E-state index is 12.5. The maximum Gasteiger partial charge on any atom is 0.326 e. The minimum absolute atomic E-state index is 0.107. The fourth-order valence-corrected chi connectivity index (χ4v) is 2.16. The van der Waals surface area contributed by atoms with Crippen LogP contribution in [0, 0.1) is 5.92 Å². The normalized spacial score (nSPS) is 13.9. The molecule has 0 saturated carbocycles. The van der Waals surface area contributed by atoms with Crippen molar-refractivity contribution in [3.63, 3.8) is 0 Å². The van der Waals surface area contributed by atoms with Crippen molar-refractivity contribution < 1.29 is 24.3 Å². The number of carbonyl (C=O) groups is 4. The summed E-state index contributed by atoms with van der Waals surface area (Å²) in [7, 11) is 0. The lowest BCUT2D eigenvalue weighted by Gasteiger charge is -2.23. The number of carbonyl (C=O) groups excluding carboxylic acids is 3. The zero-order valence-electron chi connectivity index (χ0n) is 16.2. The van der Waals surface area contributed by atoms with E-state index >= 15 is 0 Å². The molecular weight excluding hydrogens is 370 g/mol. The molecule has 0 aromatic carbocycles. The number of rotatable bonds is 13. The highest BCUT2D eigenvalue weighted by atomic mass is 16.4. The van der Waals surface area contributed by atoms with Crippen molar-refractivity contribution in [2.75, 3.05) is 6.54 Å². The summed E-state index contributed by atoms with van der Waals surface area (Å²) in [6.45, 7) is 3.73. The Balaban J connectivity index is 5.13. The van der Waals surface area contributed by atoms with E-state index in [0.29, 0.717) is 6.42 Å². The van der Waals surface area contributed by atoms with Gasteiger partial charge in [0.2, 0.25) is 17.7 Å². The number of primary amides is 1. The summed E-state index contributed by atoms with van der Waals surface area (Å²) in [5.74, 6) is -3.53. The highest BCUT2D eigenvalue weighted by Crippen LogP contribution is 2.05. The van der Waals surface area contributed by atoms with Crippen LogP contribution in [0.15, 0.2) is 4.99 Å². The third-order valence-corrected chi connectivity index (χ3v) is 3.89. The Morgan fingerprint density at radius 3 is 2.00 bits per heavy atom. The molecule has 0 spiro atoms. The number of nitrogens with zero attached hydrogens (tertiary/aromatic N) is 1. The van der Waals surface area contributed by atoms with Crippen LogP contribution in [0.1, 0.15) is 39.5 Å². The minimum atomic E-state index is -1.32. The lowest BCUT2D eigenvalue weighted by Crippen LogP contribution is -2.55. The van der Waals surface area contributed by atoms with Crippen molar-refractivity contribution in [1.82, 2.24) is 10.6 Å². The summed E-state index contributed by atoms with van der Waals surface area (Å²) in [4.78, 5) is 50.7. The van der Waals surface area contributed by atoms with Crippen molar-refractivity contribution in [2.45, 2.75) is 57.7 Å². The second-order valence-corrected chi connectivity index (χ2v) is 6.68. The van der Waals surface area contributed by atoms with Crippen LogP contribution in [0.4, 0.5) is 0 Å². The van der Waals surface area contributed by atoms with Crippen molar-refractivity contribution >= 4 is 29.7 Å². The SMILES string of the molecule is CC(C)[C@H](N)C(=O)N[C@@H](CCCN=C(N)N)C(=O)N[C@@H](CCC(N)=O)C(=O)O. The van der Waals surface area contributed by atoms with E-state index in [0.717, 1.165) is 0 Å². The third kappa shape index (κ3) is 10.3. The standard InChI is InChI=1S/C16H31N7O5/c1-8(2)12(18)14(26)22-9(4-3-7-21-16(19)20)13(25)23-10(15(27)28)5-6-11(17)24/h8-10,12H,3-7,18H2,1-2H3,(H2,17,24)(H,22,26)(H,23,25)(H,27,28)(H4,19,20,21)/t9-,10-,12-/m0/s1. The number of hydrogen-bond donors (Lipinski definition) is 7. The average molecular weight is 401 g/mol. The fraction of sp³-hybridized carbons (Fsp3) is 0.688. The number of aliphatic imine (C=N–C) groups is 1. The van der Waals surface area contributed by atoms with Crippen molar-refractivity contribution in [3.8, 4) is 0 Å². The van der Waals surface area contributed by atoms with Gasteiger partial charge in [0.15, 0.2) is 5.96 Å². The van der Waals surface area contributed by atoms with Gasteiger partial charge >= 0.3 is 5.97 Å². The second kappa shape index (κ2) is 12.5. The van der Waals surface area contributed by atoms with Gasteiger partial charge in [-0.15, -0.1) is 0 Å². The summed E-state index contributed by atoms with van der Waals surface area (Å²) < 4.78 is 0. The molecule has 3 amide bonds. The predicted molar refractivity (Wildman–Crippen MR) is 103 cm³/mol. The van der Waals surface area contributed by atoms with Gasteiger partial charge in [-0.25, -0.2) is 4.79 Å². The molecular formula is C16H31N7O5. The largest absolute Gasteiger partial charge is 0.480 e. The first kappa shape index (κ1) is 25.1. The number of nitrogens with two attached hydrogens (primary N) is 4. The molecule has 3 atom stereocenters. The van der Waals surface area contributed by atoms with E-state index in [1.165, 1.54) is 0 Å². The molecule has 0 aliphatic rings. The highest BCUT2D eigenvalue weighted by Gasteiger charge is 2.28. The molecule has 28 heavy (non-hydrogen) atoms. The monoisotopic (exact) mass is 401 g/mol. The van der Waals surface area contributed by atoms with Gasteiger partial charge in [-0.2, -0.15) is 0 Å². The first-order chi connectivity index (χ1) is 13.0. The summed E-state index contributed by atoms with van der Waals surface area (Å²) in [6.07, 6.45) is 0.126. The Morgan fingerprint density at radius 2 is 1.54 bits per heavy atom. The Morgan fingerprint density at radius 1 is 0.964 bits per heavy atom. The van der Waals surface area contributed by atoms with E-state index in [1.807, 2.05) is 0 Å². The summed E-state index contributed by atoms with van der Waals surface area (Å²) in [6, 6.07) is -3.20. The molecule has 0 aliphatic carbocycles. The Bertz CT molecular complexity index is 590. The highest BCUT2D eigenvalue weighted by molar-refractivity contribution is 5.92. The van der Waals surface area contributed by atoms with Crippen LogP contribution in [0.2, 0.25) is 0 Å². The maximum atomic E-state index is 12.5. The molecule has 0 unspecified atom stereocenters. The first-order valence-corrected chi connectivity index (χ1v) is 8.88. The van der Waals surface area contributed by atoms with Crippen LogP contribution in [-0.2, 0) is 19.2 Å². The molecule has 0 bridgehead atoms.